The molecule has 19 heavy (non-hydrogen) atoms. The Bertz CT molecular complexity index is 623. The van der Waals surface area contributed by atoms with E-state index in [1.165, 1.54) is 6.07 Å². The summed E-state index contributed by atoms with van der Waals surface area (Å²) in [5.74, 6) is 0.612. The highest BCUT2D eigenvalue weighted by Gasteiger charge is 2.39. The van der Waals surface area contributed by atoms with Crippen molar-refractivity contribution in [1.82, 2.24) is 9.55 Å². The van der Waals surface area contributed by atoms with Gasteiger partial charge in [-0.25, -0.2) is 13.8 Å². The molecule has 3 rings (SSSR count). The lowest BCUT2D eigenvalue weighted by Crippen LogP contribution is -2.04. The van der Waals surface area contributed by atoms with Crippen LogP contribution >= 0.6 is 11.6 Å². The Kier molecular flexibility index (Phi) is 3.21. The van der Waals surface area contributed by atoms with Gasteiger partial charge in [-0.2, -0.15) is 0 Å². The summed E-state index contributed by atoms with van der Waals surface area (Å²) in [7, 11) is 0. The van der Waals surface area contributed by atoms with Gasteiger partial charge in [0.1, 0.15) is 17.2 Å². The fourth-order valence-electron chi connectivity index (χ4n) is 2.79. The molecule has 2 nitrogen and oxygen atoms in total. The van der Waals surface area contributed by atoms with Crippen molar-refractivity contribution in [1.29, 1.82) is 0 Å². The molecule has 2 atom stereocenters. The summed E-state index contributed by atoms with van der Waals surface area (Å²) in [6, 6.07) is 2.57. The Morgan fingerprint density at radius 1 is 1.42 bits per heavy atom. The predicted octanol–water partition coefficient (Wildman–Crippen LogP) is 4.07. The van der Waals surface area contributed by atoms with Crippen molar-refractivity contribution in [2.75, 3.05) is 5.88 Å². The van der Waals surface area contributed by atoms with Crippen LogP contribution in [-0.2, 0) is 6.42 Å². The van der Waals surface area contributed by atoms with Gasteiger partial charge in [0.2, 0.25) is 0 Å². The van der Waals surface area contributed by atoms with Crippen LogP contribution in [0.5, 0.6) is 0 Å². The minimum Gasteiger partial charge on any atom is -0.324 e. The largest absolute Gasteiger partial charge is 0.324 e. The highest BCUT2D eigenvalue weighted by atomic mass is 35.5. The molecule has 1 heterocycles. The molecule has 2 unspecified atom stereocenters. The van der Waals surface area contributed by atoms with Crippen LogP contribution in [0.15, 0.2) is 12.1 Å². The maximum Gasteiger partial charge on any atom is 0.153 e. The lowest BCUT2D eigenvalue weighted by atomic mass is 10.2. The van der Waals surface area contributed by atoms with Crippen LogP contribution in [0.3, 0.4) is 0 Å². The molecule has 0 amide bonds. The maximum atomic E-state index is 13.8. The smallest absolute Gasteiger partial charge is 0.153 e. The molecule has 0 saturated heterocycles. The Morgan fingerprint density at radius 2 is 2.21 bits per heavy atom. The number of imidazole rings is 1. The number of nitrogens with zero attached hydrogens (tertiary/aromatic N) is 2. The molecule has 1 fully saturated rings. The Balaban J connectivity index is 2.18. The van der Waals surface area contributed by atoms with Crippen molar-refractivity contribution >= 4 is 22.6 Å². The zero-order valence-electron chi connectivity index (χ0n) is 10.7. The molecular weight excluding hydrogens is 270 g/mol. The van der Waals surface area contributed by atoms with Gasteiger partial charge in [0, 0.05) is 24.4 Å². The fraction of sp³-hybridized carbons (Fsp3) is 0.500. The number of hydrogen-bond acceptors (Lipinski definition) is 1. The number of aryl methyl sites for hydroxylation is 1. The Labute approximate surface area is 115 Å². The summed E-state index contributed by atoms with van der Waals surface area (Å²) in [6.07, 6.45) is 2.70. The van der Waals surface area contributed by atoms with Crippen LogP contribution in [0, 0.1) is 17.6 Å². The molecule has 1 saturated carbocycles. The van der Waals surface area contributed by atoms with E-state index in [0.29, 0.717) is 29.8 Å². The average molecular weight is 285 g/mol. The first-order valence-corrected chi connectivity index (χ1v) is 7.11. The number of benzene rings is 1. The second-order valence-corrected chi connectivity index (χ2v) is 5.44. The van der Waals surface area contributed by atoms with Gasteiger partial charge >= 0.3 is 0 Å². The van der Waals surface area contributed by atoms with Gasteiger partial charge in [-0.1, -0.05) is 13.3 Å². The van der Waals surface area contributed by atoms with Crippen LogP contribution in [0.4, 0.5) is 8.78 Å². The van der Waals surface area contributed by atoms with Crippen LogP contribution in [-0.4, -0.2) is 15.4 Å². The first-order valence-electron chi connectivity index (χ1n) is 6.57. The van der Waals surface area contributed by atoms with Gasteiger partial charge < -0.3 is 4.57 Å². The van der Waals surface area contributed by atoms with Crippen LogP contribution in [0.2, 0.25) is 0 Å². The van der Waals surface area contributed by atoms with Gasteiger partial charge in [0.25, 0.3) is 0 Å². The summed E-state index contributed by atoms with van der Waals surface area (Å²) < 4.78 is 29.2. The molecular formula is C14H15ClF2N2. The van der Waals surface area contributed by atoms with Gasteiger partial charge in [-0.15, -0.1) is 11.6 Å². The van der Waals surface area contributed by atoms with Crippen LogP contribution in [0.25, 0.3) is 11.0 Å². The van der Waals surface area contributed by atoms with E-state index >= 15 is 0 Å². The molecule has 1 aliphatic rings. The van der Waals surface area contributed by atoms with E-state index in [2.05, 4.69) is 11.9 Å². The zero-order chi connectivity index (χ0) is 13.6. The highest BCUT2D eigenvalue weighted by molar-refractivity contribution is 6.17. The number of alkyl halides is 1. The van der Waals surface area contributed by atoms with Crippen molar-refractivity contribution in [2.24, 2.45) is 5.92 Å². The molecule has 1 aromatic heterocycles. The number of rotatable bonds is 4. The predicted molar refractivity (Wildman–Crippen MR) is 71.5 cm³/mol. The first kappa shape index (κ1) is 12.9. The topological polar surface area (TPSA) is 17.8 Å². The van der Waals surface area contributed by atoms with E-state index in [1.807, 2.05) is 4.57 Å². The van der Waals surface area contributed by atoms with Gasteiger partial charge in [0.05, 0.1) is 5.52 Å². The van der Waals surface area contributed by atoms with Crippen molar-refractivity contribution in [3.8, 4) is 0 Å². The van der Waals surface area contributed by atoms with Crippen LogP contribution < -0.4 is 0 Å². The zero-order valence-corrected chi connectivity index (χ0v) is 11.4. The van der Waals surface area contributed by atoms with Crippen molar-refractivity contribution < 1.29 is 8.78 Å². The molecule has 0 N–H and O–H groups in total. The van der Waals surface area contributed by atoms with E-state index in [-0.39, 0.29) is 5.52 Å². The summed E-state index contributed by atoms with van der Waals surface area (Å²) in [5, 5.41) is 0. The summed E-state index contributed by atoms with van der Waals surface area (Å²) >= 11 is 5.78. The van der Waals surface area contributed by atoms with E-state index in [0.717, 1.165) is 24.7 Å². The molecule has 5 heteroatoms. The molecule has 102 valence electrons. The lowest BCUT2D eigenvalue weighted by Gasteiger charge is -2.07. The number of fused-ring (bicyclic) bond motifs is 1. The van der Waals surface area contributed by atoms with E-state index in [9.17, 15) is 8.78 Å². The Morgan fingerprint density at radius 3 is 2.84 bits per heavy atom. The standard InChI is InChI=1S/C14H15ClF2N2/c1-2-8-5-11(8)19-12-7-9(16)6-10(17)14(12)18-13(19)3-4-15/h6-8,11H,2-5H2,1H3. The maximum absolute atomic E-state index is 13.8. The number of aromatic nitrogens is 2. The summed E-state index contributed by atoms with van der Waals surface area (Å²) in [5.41, 5.74) is 0.807. The summed E-state index contributed by atoms with van der Waals surface area (Å²) in [6.45, 7) is 2.13. The van der Waals surface area contributed by atoms with E-state index in [1.54, 1.807) is 0 Å². The highest BCUT2D eigenvalue weighted by Crippen LogP contribution is 2.47. The van der Waals surface area contributed by atoms with Gasteiger partial charge in [-0.05, 0) is 18.4 Å². The van der Waals surface area contributed by atoms with Crippen molar-refractivity contribution in [2.45, 2.75) is 32.2 Å². The summed E-state index contributed by atoms with van der Waals surface area (Å²) in [4.78, 5) is 4.31. The first-order chi connectivity index (χ1) is 9.15. The molecule has 0 bridgehead atoms. The normalized spacial score (nSPS) is 22.1. The SMILES string of the molecule is CCC1CC1n1c(CCCl)nc2c(F)cc(F)cc21. The van der Waals surface area contributed by atoms with Gasteiger partial charge in [-0.3, -0.25) is 0 Å². The van der Waals surface area contributed by atoms with Crippen LogP contribution in [0.1, 0.15) is 31.6 Å². The van der Waals surface area contributed by atoms with Crippen molar-refractivity contribution in [3.63, 3.8) is 0 Å². The molecule has 1 aliphatic carbocycles. The van der Waals surface area contributed by atoms with E-state index < -0.39 is 11.6 Å². The van der Waals surface area contributed by atoms with Crippen molar-refractivity contribution in [3.05, 3.63) is 29.6 Å². The minimum atomic E-state index is -0.599. The second kappa shape index (κ2) is 4.75. The fourth-order valence-corrected chi connectivity index (χ4v) is 2.96. The third-order valence-electron chi connectivity index (χ3n) is 3.85. The quantitative estimate of drug-likeness (QED) is 0.774. The molecule has 2 aromatic rings. The minimum absolute atomic E-state index is 0.253. The third-order valence-corrected chi connectivity index (χ3v) is 4.03. The van der Waals surface area contributed by atoms with Gasteiger partial charge in [0.15, 0.2) is 5.82 Å². The number of hydrogen-bond donors (Lipinski definition) is 0. The molecule has 0 radical (unpaired) electrons. The monoisotopic (exact) mass is 284 g/mol. The molecule has 1 aromatic carbocycles. The second-order valence-electron chi connectivity index (χ2n) is 5.06. The number of halogens is 3. The average Bonchev–Trinajstić information content (AvgIpc) is 3.05. The lowest BCUT2D eigenvalue weighted by molar-refractivity contribution is 0.588. The third kappa shape index (κ3) is 2.12. The molecule has 0 aliphatic heterocycles. The molecule has 0 spiro atoms. The Hall–Kier alpha value is -1.16. The van der Waals surface area contributed by atoms with E-state index in [4.69, 9.17) is 11.6 Å².